The second-order valence-corrected chi connectivity index (χ2v) is 9.17. The van der Waals surface area contributed by atoms with E-state index in [1.54, 1.807) is 4.90 Å². The van der Waals surface area contributed by atoms with E-state index in [9.17, 15) is 4.79 Å². The van der Waals surface area contributed by atoms with Gasteiger partial charge < -0.3 is 28.9 Å². The highest BCUT2D eigenvalue weighted by atomic mass is 16.6. The number of likely N-dealkylation sites (N-methyl/N-ethyl adjacent to an activating group) is 1. The molecule has 1 atom stereocenters. The van der Waals surface area contributed by atoms with Crippen LogP contribution in [0.15, 0.2) is 24.3 Å². The zero-order chi connectivity index (χ0) is 21.6. The van der Waals surface area contributed by atoms with Crippen LogP contribution in [0.1, 0.15) is 36.0 Å². The molecule has 0 aromatic heterocycles. The SMILES string of the molecule is CN1CCC(N2CCC(Oc3cccc(C(=O)N(C)CC4COCCO4)c3)CC2)CC1. The van der Waals surface area contributed by atoms with E-state index in [1.165, 1.54) is 25.9 Å². The maximum atomic E-state index is 12.9. The van der Waals surface area contributed by atoms with Crippen LogP contribution in [0.25, 0.3) is 0 Å². The van der Waals surface area contributed by atoms with Crippen LogP contribution in [0.2, 0.25) is 0 Å². The Morgan fingerprint density at radius 3 is 2.61 bits per heavy atom. The third kappa shape index (κ3) is 6.19. The zero-order valence-electron chi connectivity index (χ0n) is 19.0. The number of benzene rings is 1. The third-order valence-electron chi connectivity index (χ3n) is 6.77. The Bertz CT molecular complexity index is 709. The van der Waals surface area contributed by atoms with Crippen LogP contribution >= 0.6 is 0 Å². The normalized spacial score (nSPS) is 24.8. The molecule has 1 aromatic rings. The van der Waals surface area contributed by atoms with Gasteiger partial charge in [0.2, 0.25) is 0 Å². The van der Waals surface area contributed by atoms with Gasteiger partial charge in [0.15, 0.2) is 0 Å². The topological polar surface area (TPSA) is 54.5 Å². The number of amides is 1. The quantitative estimate of drug-likeness (QED) is 0.688. The van der Waals surface area contributed by atoms with Gasteiger partial charge in [-0.3, -0.25) is 4.79 Å². The van der Waals surface area contributed by atoms with Crippen molar-refractivity contribution in [1.29, 1.82) is 0 Å². The molecule has 3 heterocycles. The predicted octanol–water partition coefficient (Wildman–Crippen LogP) is 2.11. The lowest BCUT2D eigenvalue weighted by molar-refractivity contribution is -0.0933. The highest BCUT2D eigenvalue weighted by Crippen LogP contribution is 2.24. The van der Waals surface area contributed by atoms with Gasteiger partial charge in [-0.15, -0.1) is 0 Å². The number of ether oxygens (including phenoxy) is 3. The largest absolute Gasteiger partial charge is 0.490 e. The number of hydrogen-bond donors (Lipinski definition) is 0. The molecular formula is C24H37N3O4. The van der Waals surface area contributed by atoms with Gasteiger partial charge in [-0.1, -0.05) is 6.07 Å². The summed E-state index contributed by atoms with van der Waals surface area (Å²) in [5.74, 6) is 0.769. The van der Waals surface area contributed by atoms with Gasteiger partial charge in [0.25, 0.3) is 5.91 Å². The van der Waals surface area contributed by atoms with Gasteiger partial charge in [0.05, 0.1) is 25.9 Å². The van der Waals surface area contributed by atoms with Crippen molar-refractivity contribution in [3.05, 3.63) is 29.8 Å². The number of likely N-dealkylation sites (tertiary alicyclic amines) is 2. The fourth-order valence-corrected chi connectivity index (χ4v) is 4.86. The number of nitrogens with zero attached hydrogens (tertiary/aromatic N) is 3. The Labute approximate surface area is 186 Å². The number of piperidine rings is 2. The van der Waals surface area contributed by atoms with Gasteiger partial charge in [-0.25, -0.2) is 0 Å². The van der Waals surface area contributed by atoms with Crippen molar-refractivity contribution in [2.45, 2.75) is 43.9 Å². The van der Waals surface area contributed by atoms with E-state index in [0.717, 1.165) is 37.7 Å². The first-order valence-electron chi connectivity index (χ1n) is 11.7. The minimum atomic E-state index is -0.0584. The maximum Gasteiger partial charge on any atom is 0.253 e. The predicted molar refractivity (Wildman–Crippen MR) is 120 cm³/mol. The first kappa shape index (κ1) is 22.5. The van der Waals surface area contributed by atoms with Crippen molar-refractivity contribution in [3.8, 4) is 5.75 Å². The smallest absolute Gasteiger partial charge is 0.253 e. The number of carbonyl (C=O) groups is 1. The monoisotopic (exact) mass is 431 g/mol. The molecule has 3 fully saturated rings. The van der Waals surface area contributed by atoms with Crippen LogP contribution in [-0.2, 0) is 9.47 Å². The molecule has 0 N–H and O–H groups in total. The molecule has 0 bridgehead atoms. The molecule has 31 heavy (non-hydrogen) atoms. The van der Waals surface area contributed by atoms with Crippen molar-refractivity contribution in [2.75, 3.05) is 66.6 Å². The Kier molecular flexibility index (Phi) is 7.82. The molecule has 3 aliphatic rings. The van der Waals surface area contributed by atoms with Crippen LogP contribution in [0.4, 0.5) is 0 Å². The number of hydrogen-bond acceptors (Lipinski definition) is 6. The van der Waals surface area contributed by atoms with Crippen LogP contribution in [-0.4, -0.2) is 105 Å². The molecule has 172 valence electrons. The minimum Gasteiger partial charge on any atom is -0.490 e. The Morgan fingerprint density at radius 1 is 1.13 bits per heavy atom. The lowest BCUT2D eigenvalue weighted by Gasteiger charge is -2.41. The Hall–Kier alpha value is -1.67. The lowest BCUT2D eigenvalue weighted by atomic mass is 9.99. The highest BCUT2D eigenvalue weighted by molar-refractivity contribution is 5.94. The van der Waals surface area contributed by atoms with Crippen molar-refractivity contribution in [3.63, 3.8) is 0 Å². The Balaban J connectivity index is 1.26. The van der Waals surface area contributed by atoms with E-state index < -0.39 is 0 Å². The fourth-order valence-electron chi connectivity index (χ4n) is 4.86. The highest BCUT2D eigenvalue weighted by Gasteiger charge is 2.28. The summed E-state index contributed by atoms with van der Waals surface area (Å²) in [6, 6.07) is 8.32. The van der Waals surface area contributed by atoms with Crippen molar-refractivity contribution in [2.24, 2.45) is 0 Å². The van der Waals surface area contributed by atoms with Gasteiger partial charge in [0, 0.05) is 38.3 Å². The van der Waals surface area contributed by atoms with Crippen LogP contribution in [0, 0.1) is 0 Å². The molecule has 0 radical (unpaired) electrons. The molecule has 7 nitrogen and oxygen atoms in total. The summed E-state index contributed by atoms with van der Waals surface area (Å²) in [4.78, 5) is 19.7. The minimum absolute atomic E-state index is 0.0169. The van der Waals surface area contributed by atoms with E-state index >= 15 is 0 Å². The Morgan fingerprint density at radius 2 is 1.90 bits per heavy atom. The summed E-state index contributed by atoms with van der Waals surface area (Å²) in [6.45, 7) is 6.90. The molecule has 3 aliphatic heterocycles. The summed E-state index contributed by atoms with van der Waals surface area (Å²) in [7, 11) is 4.03. The third-order valence-corrected chi connectivity index (χ3v) is 6.77. The number of rotatable bonds is 6. The molecule has 1 amide bonds. The van der Waals surface area contributed by atoms with E-state index in [0.29, 0.717) is 31.9 Å². The standard InChI is InChI=1S/C24H37N3O4/c1-25-10-6-20(7-11-25)27-12-8-21(9-13-27)31-22-5-3-4-19(16-22)24(28)26(2)17-23-18-29-14-15-30-23/h3-5,16,20-21,23H,6-15,17-18H2,1-2H3. The average Bonchev–Trinajstić information content (AvgIpc) is 2.80. The first-order chi connectivity index (χ1) is 15.1. The summed E-state index contributed by atoms with van der Waals surface area (Å²) >= 11 is 0. The molecule has 3 saturated heterocycles. The first-order valence-corrected chi connectivity index (χ1v) is 11.7. The maximum absolute atomic E-state index is 12.9. The van der Waals surface area contributed by atoms with E-state index in [2.05, 4.69) is 16.8 Å². The molecule has 0 spiro atoms. The van der Waals surface area contributed by atoms with E-state index in [4.69, 9.17) is 14.2 Å². The molecule has 1 aromatic carbocycles. The zero-order valence-corrected chi connectivity index (χ0v) is 19.0. The van der Waals surface area contributed by atoms with Gasteiger partial charge >= 0.3 is 0 Å². The second-order valence-electron chi connectivity index (χ2n) is 9.17. The molecule has 1 unspecified atom stereocenters. The molecule has 0 saturated carbocycles. The summed E-state index contributed by atoms with van der Waals surface area (Å²) in [5, 5.41) is 0. The second kappa shape index (κ2) is 10.8. The van der Waals surface area contributed by atoms with Crippen molar-refractivity contribution in [1.82, 2.24) is 14.7 Å². The van der Waals surface area contributed by atoms with Gasteiger partial charge in [0.1, 0.15) is 11.9 Å². The molecular weight excluding hydrogens is 394 g/mol. The van der Waals surface area contributed by atoms with E-state index in [1.807, 2.05) is 31.3 Å². The van der Waals surface area contributed by atoms with Crippen LogP contribution < -0.4 is 4.74 Å². The molecule has 4 rings (SSSR count). The summed E-state index contributed by atoms with van der Waals surface area (Å²) in [5.41, 5.74) is 0.653. The fraction of sp³-hybridized carbons (Fsp3) is 0.708. The van der Waals surface area contributed by atoms with E-state index in [-0.39, 0.29) is 18.1 Å². The molecule has 7 heteroatoms. The van der Waals surface area contributed by atoms with Gasteiger partial charge in [-0.05, 0) is 64.0 Å². The van der Waals surface area contributed by atoms with Gasteiger partial charge in [-0.2, -0.15) is 0 Å². The molecule has 0 aliphatic carbocycles. The number of carbonyl (C=O) groups excluding carboxylic acids is 1. The summed E-state index contributed by atoms with van der Waals surface area (Å²) in [6.07, 6.45) is 4.80. The van der Waals surface area contributed by atoms with Crippen molar-refractivity contribution >= 4 is 5.91 Å². The average molecular weight is 432 g/mol. The van der Waals surface area contributed by atoms with Crippen LogP contribution in [0.3, 0.4) is 0 Å². The van der Waals surface area contributed by atoms with Crippen molar-refractivity contribution < 1.29 is 19.0 Å². The lowest BCUT2D eigenvalue weighted by Crippen LogP contribution is -2.48. The van der Waals surface area contributed by atoms with Crippen LogP contribution in [0.5, 0.6) is 5.75 Å². The summed E-state index contributed by atoms with van der Waals surface area (Å²) < 4.78 is 17.4.